The zero-order chi connectivity index (χ0) is 25.5. The molecule has 5 rings (SSSR count). The van der Waals surface area contributed by atoms with Gasteiger partial charge in [-0.1, -0.05) is 18.2 Å². The fraction of sp³-hybridized carbons (Fsp3) is 0.320. The molecule has 6 nitrogen and oxygen atoms in total. The van der Waals surface area contributed by atoms with E-state index in [0.717, 1.165) is 18.2 Å². The smallest absolute Gasteiger partial charge is 0.335 e. The van der Waals surface area contributed by atoms with Crippen molar-refractivity contribution in [2.75, 3.05) is 26.2 Å². The van der Waals surface area contributed by atoms with Crippen LogP contribution >= 0.6 is 11.3 Å². The summed E-state index contributed by atoms with van der Waals surface area (Å²) in [4.78, 5) is 31.6. The molecule has 36 heavy (non-hydrogen) atoms. The highest BCUT2D eigenvalue weighted by Crippen LogP contribution is 2.33. The van der Waals surface area contributed by atoms with Gasteiger partial charge in [0.05, 0.1) is 16.7 Å². The molecule has 1 amide bonds. The summed E-state index contributed by atoms with van der Waals surface area (Å²) in [6.07, 6.45) is -2.32. The number of hydrogen-bond acceptors (Lipinski definition) is 6. The molecule has 1 aromatic heterocycles. The lowest BCUT2D eigenvalue weighted by molar-refractivity contribution is -0.137. The molecule has 2 aliphatic rings. The van der Waals surface area contributed by atoms with E-state index in [1.807, 2.05) is 0 Å². The van der Waals surface area contributed by atoms with E-state index in [4.69, 9.17) is 0 Å². The molecule has 11 heteroatoms. The van der Waals surface area contributed by atoms with Gasteiger partial charge < -0.3 is 10.2 Å². The van der Waals surface area contributed by atoms with Crippen LogP contribution in [0.5, 0.6) is 0 Å². The van der Waals surface area contributed by atoms with Crippen molar-refractivity contribution in [3.05, 3.63) is 76.0 Å². The average Bonchev–Trinajstić information content (AvgIpc) is 3.53. The molecule has 0 spiro atoms. The summed E-state index contributed by atoms with van der Waals surface area (Å²) >= 11 is 1.28. The fourth-order valence-electron chi connectivity index (χ4n) is 4.65. The van der Waals surface area contributed by atoms with Crippen LogP contribution in [0, 0.1) is 5.82 Å². The lowest BCUT2D eigenvalue weighted by Crippen LogP contribution is -2.67. The second-order valence-electron chi connectivity index (χ2n) is 9.00. The molecular weight excluding hydrogens is 496 g/mol. The number of thiazole rings is 1. The normalized spacial score (nSPS) is 20.4. The molecule has 0 radical (unpaired) electrons. The van der Waals surface area contributed by atoms with Gasteiger partial charge >= 0.3 is 6.18 Å². The molecule has 188 valence electrons. The third kappa shape index (κ3) is 4.65. The maximum atomic E-state index is 14.8. The second kappa shape index (κ2) is 9.38. The third-order valence-electron chi connectivity index (χ3n) is 6.59. The van der Waals surface area contributed by atoms with Crippen LogP contribution in [-0.4, -0.2) is 59.3 Å². The van der Waals surface area contributed by atoms with E-state index in [1.54, 1.807) is 11.6 Å². The van der Waals surface area contributed by atoms with Crippen LogP contribution in [0.1, 0.15) is 32.1 Å². The highest BCUT2D eigenvalue weighted by atomic mass is 32.1. The standard InChI is InChI=1S/C25H22F4N4O2S/c26-20-11-16(15-2-1-3-17(10-15)25(27,28)29)4-5-19(20)23(35)33-12-18(13-33)32-24(6-7-30-14-24)21(34)22-31-8-9-36-22/h1-5,8-11,18,30,32H,6-7,12-14H2/t24-/m0/s1. The third-order valence-corrected chi connectivity index (χ3v) is 7.36. The number of carbonyl (C=O) groups is 2. The van der Waals surface area contributed by atoms with Gasteiger partial charge in [-0.25, -0.2) is 9.37 Å². The molecule has 0 bridgehead atoms. The van der Waals surface area contributed by atoms with Crippen molar-refractivity contribution >= 4 is 23.0 Å². The molecule has 2 saturated heterocycles. The first-order chi connectivity index (χ1) is 17.2. The second-order valence-corrected chi connectivity index (χ2v) is 9.89. The SMILES string of the molecule is O=C(c1ccc(-c2cccc(C(F)(F)F)c2)cc1F)N1CC(N[C@@]2(C(=O)c3nccs3)CCNC2)C1. The van der Waals surface area contributed by atoms with Gasteiger partial charge in [0.1, 0.15) is 5.82 Å². The number of nitrogens with one attached hydrogen (secondary N) is 2. The molecule has 2 aromatic carbocycles. The lowest BCUT2D eigenvalue weighted by Gasteiger charge is -2.44. The number of Topliss-reactive ketones (excluding diaryl/α,β-unsaturated/α-hetero) is 1. The predicted octanol–water partition coefficient (Wildman–Crippen LogP) is 4.00. The summed E-state index contributed by atoms with van der Waals surface area (Å²) in [5, 5.41) is 8.78. The largest absolute Gasteiger partial charge is 0.416 e. The van der Waals surface area contributed by atoms with E-state index in [2.05, 4.69) is 15.6 Å². The van der Waals surface area contributed by atoms with Crippen LogP contribution in [0.25, 0.3) is 11.1 Å². The molecular formula is C25H22F4N4O2S. The van der Waals surface area contributed by atoms with Gasteiger partial charge in [-0.3, -0.25) is 14.9 Å². The number of hydrogen-bond donors (Lipinski definition) is 2. The Morgan fingerprint density at radius 3 is 2.56 bits per heavy atom. The van der Waals surface area contributed by atoms with E-state index >= 15 is 0 Å². The Balaban J connectivity index is 1.25. The number of likely N-dealkylation sites (tertiary alicyclic amines) is 1. The van der Waals surface area contributed by atoms with Crippen molar-refractivity contribution in [3.8, 4) is 11.1 Å². The first-order valence-electron chi connectivity index (χ1n) is 11.4. The Morgan fingerprint density at radius 1 is 1.14 bits per heavy atom. The molecule has 0 saturated carbocycles. The Labute approximate surface area is 208 Å². The molecule has 3 aromatic rings. The monoisotopic (exact) mass is 518 g/mol. The fourth-order valence-corrected chi connectivity index (χ4v) is 5.33. The van der Waals surface area contributed by atoms with Crippen LogP contribution in [0.2, 0.25) is 0 Å². The Hall–Kier alpha value is -3.15. The minimum atomic E-state index is -4.51. The highest BCUT2D eigenvalue weighted by molar-refractivity contribution is 7.11. The zero-order valence-electron chi connectivity index (χ0n) is 18.9. The molecule has 2 aliphatic heterocycles. The Kier molecular flexibility index (Phi) is 6.39. The predicted molar refractivity (Wildman–Crippen MR) is 126 cm³/mol. The van der Waals surface area contributed by atoms with Crippen molar-refractivity contribution in [1.82, 2.24) is 20.5 Å². The van der Waals surface area contributed by atoms with Crippen LogP contribution in [-0.2, 0) is 6.18 Å². The lowest BCUT2D eigenvalue weighted by atomic mass is 9.90. The summed E-state index contributed by atoms with van der Waals surface area (Å²) < 4.78 is 53.9. The van der Waals surface area contributed by atoms with E-state index in [-0.39, 0.29) is 28.5 Å². The van der Waals surface area contributed by atoms with E-state index in [1.165, 1.54) is 40.5 Å². The van der Waals surface area contributed by atoms with Gasteiger partial charge in [0.15, 0.2) is 5.01 Å². The Morgan fingerprint density at radius 2 is 1.92 bits per heavy atom. The molecule has 0 aliphatic carbocycles. The Bertz CT molecular complexity index is 1280. The van der Waals surface area contributed by atoms with Gasteiger partial charge in [-0.15, -0.1) is 11.3 Å². The highest BCUT2D eigenvalue weighted by Gasteiger charge is 2.46. The van der Waals surface area contributed by atoms with Crippen molar-refractivity contribution < 1.29 is 27.2 Å². The first kappa shape index (κ1) is 24.5. The summed E-state index contributed by atoms with van der Waals surface area (Å²) in [5.74, 6) is -1.39. The van der Waals surface area contributed by atoms with Crippen LogP contribution in [0.3, 0.4) is 0 Å². The van der Waals surface area contributed by atoms with Crippen molar-refractivity contribution in [1.29, 1.82) is 0 Å². The number of amides is 1. The number of carbonyl (C=O) groups excluding carboxylic acids is 2. The number of benzene rings is 2. The quantitative estimate of drug-likeness (QED) is 0.381. The molecule has 3 heterocycles. The number of aromatic nitrogens is 1. The van der Waals surface area contributed by atoms with Crippen molar-refractivity contribution in [2.45, 2.75) is 24.2 Å². The van der Waals surface area contributed by atoms with Gasteiger partial charge in [0, 0.05) is 37.3 Å². The van der Waals surface area contributed by atoms with Crippen LogP contribution < -0.4 is 10.6 Å². The van der Waals surface area contributed by atoms with Gasteiger partial charge in [-0.05, 0) is 48.4 Å². The number of nitrogens with zero attached hydrogens (tertiary/aromatic N) is 2. The number of rotatable bonds is 6. The zero-order valence-corrected chi connectivity index (χ0v) is 19.8. The topological polar surface area (TPSA) is 74.3 Å². The number of ketones is 1. The van der Waals surface area contributed by atoms with E-state index in [0.29, 0.717) is 37.6 Å². The van der Waals surface area contributed by atoms with E-state index < -0.39 is 29.0 Å². The number of halogens is 4. The minimum absolute atomic E-state index is 0.0801. The van der Waals surface area contributed by atoms with Crippen molar-refractivity contribution in [2.24, 2.45) is 0 Å². The molecule has 0 unspecified atom stereocenters. The number of alkyl halides is 3. The molecule has 2 N–H and O–H groups in total. The summed E-state index contributed by atoms with van der Waals surface area (Å²) in [6.45, 7) is 1.76. The van der Waals surface area contributed by atoms with Gasteiger partial charge in [-0.2, -0.15) is 13.2 Å². The maximum Gasteiger partial charge on any atom is 0.416 e. The average molecular weight is 519 g/mol. The summed E-state index contributed by atoms with van der Waals surface area (Å²) in [5.41, 5.74) is -1.33. The van der Waals surface area contributed by atoms with Crippen LogP contribution in [0.4, 0.5) is 17.6 Å². The molecule has 1 atom stereocenters. The van der Waals surface area contributed by atoms with Gasteiger partial charge in [0.2, 0.25) is 5.78 Å². The summed E-state index contributed by atoms with van der Waals surface area (Å²) in [6, 6.07) is 8.28. The van der Waals surface area contributed by atoms with Gasteiger partial charge in [0.25, 0.3) is 5.91 Å². The van der Waals surface area contributed by atoms with Crippen LogP contribution in [0.15, 0.2) is 54.0 Å². The minimum Gasteiger partial charge on any atom is -0.335 e. The maximum absolute atomic E-state index is 14.8. The van der Waals surface area contributed by atoms with Crippen molar-refractivity contribution in [3.63, 3.8) is 0 Å². The van der Waals surface area contributed by atoms with E-state index in [9.17, 15) is 27.2 Å². The molecule has 2 fully saturated rings. The summed E-state index contributed by atoms with van der Waals surface area (Å²) in [7, 11) is 0. The first-order valence-corrected chi connectivity index (χ1v) is 12.2.